The first-order valence-electron chi connectivity index (χ1n) is 9.39. The molecule has 2 rings (SSSR count). The average molecular weight is 361 g/mol. The second-order valence-corrected chi connectivity index (χ2v) is 7.35. The number of benzene rings is 1. The molecule has 5 heteroatoms. The van der Waals surface area contributed by atoms with E-state index in [4.69, 9.17) is 14.2 Å². The van der Waals surface area contributed by atoms with E-state index in [2.05, 4.69) is 0 Å². The van der Waals surface area contributed by atoms with Crippen molar-refractivity contribution in [1.29, 1.82) is 0 Å². The van der Waals surface area contributed by atoms with Gasteiger partial charge in [-0.15, -0.1) is 0 Å². The van der Waals surface area contributed by atoms with Crippen LogP contribution in [-0.4, -0.2) is 37.7 Å². The maximum atomic E-state index is 12.5. The predicted molar refractivity (Wildman–Crippen MR) is 103 cm³/mol. The third kappa shape index (κ3) is 7.58. The molecule has 1 aromatic carbocycles. The third-order valence-electron chi connectivity index (χ3n) is 3.86. The summed E-state index contributed by atoms with van der Waals surface area (Å²) in [6.45, 7) is 7.48. The minimum atomic E-state index is -0.526. The van der Waals surface area contributed by atoms with Crippen molar-refractivity contribution in [2.24, 2.45) is 0 Å². The minimum absolute atomic E-state index is 0.0558. The van der Waals surface area contributed by atoms with Crippen LogP contribution in [0.1, 0.15) is 46.5 Å². The fourth-order valence-electron chi connectivity index (χ4n) is 2.62. The van der Waals surface area contributed by atoms with Crippen molar-refractivity contribution < 1.29 is 19.0 Å². The van der Waals surface area contributed by atoms with Crippen molar-refractivity contribution in [2.75, 3.05) is 24.7 Å². The van der Waals surface area contributed by atoms with Crippen LogP contribution < -0.4 is 4.90 Å². The molecule has 1 saturated heterocycles. The summed E-state index contributed by atoms with van der Waals surface area (Å²) in [5.41, 5.74) is 0.292. The summed E-state index contributed by atoms with van der Waals surface area (Å²) < 4.78 is 16.8. The Kier molecular flexibility index (Phi) is 8.13. The number of carbonyl (C=O) groups excluding carboxylic acids is 1. The largest absolute Gasteiger partial charge is 0.443 e. The fourth-order valence-corrected chi connectivity index (χ4v) is 2.62. The zero-order valence-electron chi connectivity index (χ0n) is 16.1. The molecule has 1 aliphatic rings. The molecule has 0 aromatic heterocycles. The molecular formula is C21H31NO4. The van der Waals surface area contributed by atoms with Crippen LogP contribution in [-0.2, 0) is 14.2 Å². The molecule has 0 aliphatic carbocycles. The number of ether oxygens (including phenoxy) is 3. The Morgan fingerprint density at radius 2 is 2.00 bits per heavy atom. The van der Waals surface area contributed by atoms with Gasteiger partial charge in [0.05, 0.1) is 6.61 Å². The SMILES string of the molecule is CC(C)(C)OC(=O)N(CC=CCCOC1CCCCO1)c1ccccc1. The van der Waals surface area contributed by atoms with E-state index in [9.17, 15) is 4.79 Å². The molecular weight excluding hydrogens is 330 g/mol. The van der Waals surface area contributed by atoms with Crippen molar-refractivity contribution >= 4 is 11.8 Å². The molecule has 1 unspecified atom stereocenters. The van der Waals surface area contributed by atoms with Gasteiger partial charge in [0.2, 0.25) is 0 Å². The summed E-state index contributed by atoms with van der Waals surface area (Å²) in [6, 6.07) is 9.56. The summed E-state index contributed by atoms with van der Waals surface area (Å²) in [6.07, 6.45) is 7.66. The topological polar surface area (TPSA) is 48.0 Å². The number of hydrogen-bond donors (Lipinski definition) is 0. The van der Waals surface area contributed by atoms with E-state index in [1.165, 1.54) is 6.42 Å². The second kappa shape index (κ2) is 10.3. The molecule has 26 heavy (non-hydrogen) atoms. The van der Waals surface area contributed by atoms with E-state index in [1.807, 2.05) is 63.3 Å². The highest BCUT2D eigenvalue weighted by molar-refractivity contribution is 5.88. The van der Waals surface area contributed by atoms with Crippen LogP contribution in [0.3, 0.4) is 0 Å². The van der Waals surface area contributed by atoms with E-state index >= 15 is 0 Å². The Morgan fingerprint density at radius 3 is 2.65 bits per heavy atom. The first kappa shape index (κ1) is 20.5. The Bertz CT molecular complexity index is 559. The highest BCUT2D eigenvalue weighted by atomic mass is 16.7. The predicted octanol–water partition coefficient (Wildman–Crippen LogP) is 4.92. The van der Waals surface area contributed by atoms with Crippen LogP contribution in [0, 0.1) is 0 Å². The molecule has 1 fully saturated rings. The molecule has 1 atom stereocenters. The number of anilines is 1. The zero-order valence-corrected chi connectivity index (χ0v) is 16.1. The lowest BCUT2D eigenvalue weighted by atomic mass is 10.2. The van der Waals surface area contributed by atoms with Crippen molar-refractivity contribution in [3.05, 3.63) is 42.5 Å². The lowest BCUT2D eigenvalue weighted by Crippen LogP contribution is -2.37. The first-order valence-corrected chi connectivity index (χ1v) is 9.39. The van der Waals surface area contributed by atoms with Crippen LogP contribution in [0.4, 0.5) is 10.5 Å². The third-order valence-corrected chi connectivity index (χ3v) is 3.86. The number of amides is 1. The monoisotopic (exact) mass is 361 g/mol. The Labute approximate surface area is 156 Å². The van der Waals surface area contributed by atoms with Crippen LogP contribution in [0.25, 0.3) is 0 Å². The lowest BCUT2D eigenvalue weighted by Gasteiger charge is -2.26. The molecule has 0 radical (unpaired) electrons. The van der Waals surface area contributed by atoms with E-state index in [1.54, 1.807) is 4.90 Å². The van der Waals surface area contributed by atoms with Gasteiger partial charge in [0.15, 0.2) is 6.29 Å². The van der Waals surface area contributed by atoms with E-state index in [-0.39, 0.29) is 12.4 Å². The lowest BCUT2D eigenvalue weighted by molar-refractivity contribution is -0.161. The minimum Gasteiger partial charge on any atom is -0.443 e. The molecule has 1 heterocycles. The highest BCUT2D eigenvalue weighted by Gasteiger charge is 2.22. The molecule has 0 bridgehead atoms. The van der Waals surface area contributed by atoms with Gasteiger partial charge in [0.1, 0.15) is 5.60 Å². The van der Waals surface area contributed by atoms with Gasteiger partial charge in [0.25, 0.3) is 0 Å². The molecule has 1 aromatic rings. The van der Waals surface area contributed by atoms with Crippen LogP contribution in [0.15, 0.2) is 42.5 Å². The molecule has 144 valence electrons. The van der Waals surface area contributed by atoms with Gasteiger partial charge in [-0.2, -0.15) is 0 Å². The maximum absolute atomic E-state index is 12.5. The fraction of sp³-hybridized carbons (Fsp3) is 0.571. The van der Waals surface area contributed by atoms with Gasteiger partial charge in [-0.1, -0.05) is 30.4 Å². The molecule has 0 N–H and O–H groups in total. The smallest absolute Gasteiger partial charge is 0.415 e. The van der Waals surface area contributed by atoms with Crippen molar-refractivity contribution in [3.8, 4) is 0 Å². The first-order chi connectivity index (χ1) is 12.5. The van der Waals surface area contributed by atoms with Gasteiger partial charge in [-0.3, -0.25) is 4.90 Å². The maximum Gasteiger partial charge on any atom is 0.415 e. The van der Waals surface area contributed by atoms with Crippen LogP contribution in [0.5, 0.6) is 0 Å². The van der Waals surface area contributed by atoms with E-state index in [0.717, 1.165) is 31.6 Å². The number of nitrogens with zero attached hydrogens (tertiary/aromatic N) is 1. The van der Waals surface area contributed by atoms with Crippen LogP contribution >= 0.6 is 0 Å². The van der Waals surface area contributed by atoms with E-state index < -0.39 is 5.60 Å². The quantitative estimate of drug-likeness (QED) is 0.511. The Hall–Kier alpha value is -1.85. The van der Waals surface area contributed by atoms with Crippen molar-refractivity contribution in [2.45, 2.75) is 58.3 Å². The molecule has 0 spiro atoms. The van der Waals surface area contributed by atoms with Crippen molar-refractivity contribution in [1.82, 2.24) is 0 Å². The standard InChI is InChI=1S/C21H31NO4/c1-21(2,3)26-20(23)22(18-12-6-4-7-13-18)15-9-5-10-16-24-19-14-8-11-17-25-19/h4-7,9,12-13,19H,8,10-11,14-17H2,1-3H3. The summed E-state index contributed by atoms with van der Waals surface area (Å²) >= 11 is 0. The summed E-state index contributed by atoms with van der Waals surface area (Å²) in [5.74, 6) is 0. The van der Waals surface area contributed by atoms with Gasteiger partial charge in [-0.05, 0) is 58.6 Å². The molecule has 1 aliphatic heterocycles. The van der Waals surface area contributed by atoms with Crippen LogP contribution in [0.2, 0.25) is 0 Å². The van der Waals surface area contributed by atoms with Gasteiger partial charge in [0, 0.05) is 18.8 Å². The summed E-state index contributed by atoms with van der Waals surface area (Å²) in [7, 11) is 0. The molecule has 0 saturated carbocycles. The molecule has 5 nitrogen and oxygen atoms in total. The summed E-state index contributed by atoms with van der Waals surface area (Å²) in [5, 5.41) is 0. The van der Waals surface area contributed by atoms with Gasteiger partial charge >= 0.3 is 6.09 Å². The number of para-hydroxylation sites is 1. The van der Waals surface area contributed by atoms with E-state index in [0.29, 0.717) is 13.2 Å². The normalized spacial score (nSPS) is 18.0. The molecule has 1 amide bonds. The summed E-state index contributed by atoms with van der Waals surface area (Å²) in [4.78, 5) is 14.1. The Morgan fingerprint density at radius 1 is 1.23 bits per heavy atom. The number of rotatable bonds is 7. The van der Waals surface area contributed by atoms with Crippen molar-refractivity contribution in [3.63, 3.8) is 0 Å². The van der Waals surface area contributed by atoms with Gasteiger partial charge in [-0.25, -0.2) is 4.79 Å². The second-order valence-electron chi connectivity index (χ2n) is 7.35. The zero-order chi connectivity index (χ0) is 18.8. The average Bonchev–Trinajstić information content (AvgIpc) is 2.61. The highest BCUT2D eigenvalue weighted by Crippen LogP contribution is 2.18. The number of hydrogen-bond acceptors (Lipinski definition) is 4. The Balaban J connectivity index is 1.83. The van der Waals surface area contributed by atoms with Gasteiger partial charge < -0.3 is 14.2 Å². The number of carbonyl (C=O) groups is 1.